The molecule has 0 aliphatic carbocycles. The second-order valence-electron chi connectivity index (χ2n) is 4.36. The van der Waals surface area contributed by atoms with Gasteiger partial charge in [-0.25, -0.2) is 9.18 Å². The summed E-state index contributed by atoms with van der Waals surface area (Å²) in [6.07, 6.45) is 1.53. The van der Waals surface area contributed by atoms with Gasteiger partial charge in [0.15, 0.2) is 0 Å². The van der Waals surface area contributed by atoms with E-state index in [0.29, 0.717) is 6.54 Å². The number of amides is 2. The van der Waals surface area contributed by atoms with Crippen LogP contribution >= 0.6 is 0 Å². The van der Waals surface area contributed by atoms with Crippen molar-refractivity contribution in [2.45, 2.75) is 32.2 Å². The van der Waals surface area contributed by atoms with E-state index in [-0.39, 0.29) is 5.69 Å². The standard InChI is InChI=1S/C13H20FN3O/c1-3-13(15,4-2)9-16-12(18)17-11-8-6-5-7-10(11)14/h5-8H,3-4,9,15H2,1-2H3,(H2,16,17,18). The fourth-order valence-electron chi connectivity index (χ4n) is 1.49. The molecule has 0 aliphatic rings. The number of carbonyl (C=O) groups is 1. The SMILES string of the molecule is CCC(N)(CC)CNC(=O)Nc1ccccc1F. The highest BCUT2D eigenvalue weighted by Gasteiger charge is 2.20. The maximum atomic E-state index is 13.3. The molecule has 0 fully saturated rings. The molecule has 1 aromatic carbocycles. The van der Waals surface area contributed by atoms with Gasteiger partial charge in [0.25, 0.3) is 0 Å². The fourth-order valence-corrected chi connectivity index (χ4v) is 1.49. The van der Waals surface area contributed by atoms with Crippen molar-refractivity contribution in [1.29, 1.82) is 0 Å². The Bertz CT molecular complexity index is 405. The molecule has 0 radical (unpaired) electrons. The van der Waals surface area contributed by atoms with E-state index < -0.39 is 17.4 Å². The minimum absolute atomic E-state index is 0.158. The van der Waals surface area contributed by atoms with Crippen LogP contribution in [-0.2, 0) is 0 Å². The van der Waals surface area contributed by atoms with Crippen molar-refractivity contribution in [2.24, 2.45) is 5.73 Å². The minimum Gasteiger partial charge on any atom is -0.336 e. The Morgan fingerprint density at radius 1 is 1.33 bits per heavy atom. The minimum atomic E-state index is -0.461. The molecule has 5 heteroatoms. The Hall–Kier alpha value is -1.62. The predicted molar refractivity (Wildman–Crippen MR) is 70.9 cm³/mol. The van der Waals surface area contributed by atoms with E-state index >= 15 is 0 Å². The van der Waals surface area contributed by atoms with E-state index in [1.165, 1.54) is 12.1 Å². The zero-order chi connectivity index (χ0) is 13.6. The van der Waals surface area contributed by atoms with Crippen LogP contribution in [0.4, 0.5) is 14.9 Å². The van der Waals surface area contributed by atoms with Crippen LogP contribution in [0, 0.1) is 5.82 Å². The molecule has 0 bridgehead atoms. The van der Waals surface area contributed by atoms with Gasteiger partial charge in [0.1, 0.15) is 5.82 Å². The number of carbonyl (C=O) groups excluding carboxylic acids is 1. The number of rotatable bonds is 5. The molecule has 0 atom stereocenters. The lowest BCUT2D eigenvalue weighted by Crippen LogP contribution is -2.50. The molecular weight excluding hydrogens is 233 g/mol. The number of para-hydroxylation sites is 1. The van der Waals surface area contributed by atoms with Crippen molar-refractivity contribution in [1.82, 2.24) is 5.32 Å². The van der Waals surface area contributed by atoms with Crippen LogP contribution < -0.4 is 16.4 Å². The van der Waals surface area contributed by atoms with Crippen molar-refractivity contribution < 1.29 is 9.18 Å². The Labute approximate surface area is 107 Å². The van der Waals surface area contributed by atoms with Gasteiger partial charge in [0, 0.05) is 12.1 Å². The fraction of sp³-hybridized carbons (Fsp3) is 0.462. The van der Waals surface area contributed by atoms with Crippen molar-refractivity contribution >= 4 is 11.7 Å². The zero-order valence-corrected chi connectivity index (χ0v) is 10.8. The second-order valence-corrected chi connectivity index (χ2v) is 4.36. The third-order valence-corrected chi connectivity index (χ3v) is 3.13. The van der Waals surface area contributed by atoms with E-state index in [9.17, 15) is 9.18 Å². The van der Waals surface area contributed by atoms with Crippen LogP contribution in [0.25, 0.3) is 0 Å². The van der Waals surface area contributed by atoms with Gasteiger partial charge in [0.2, 0.25) is 0 Å². The molecule has 0 aliphatic heterocycles. The highest BCUT2D eigenvalue weighted by molar-refractivity contribution is 5.89. The lowest BCUT2D eigenvalue weighted by atomic mass is 9.94. The molecule has 18 heavy (non-hydrogen) atoms. The number of urea groups is 1. The molecule has 0 unspecified atom stereocenters. The Morgan fingerprint density at radius 3 is 2.50 bits per heavy atom. The molecule has 4 nitrogen and oxygen atoms in total. The first kappa shape index (κ1) is 14.4. The van der Waals surface area contributed by atoms with Crippen LogP contribution in [0.3, 0.4) is 0 Å². The summed E-state index contributed by atoms with van der Waals surface area (Å²) in [6.45, 7) is 4.31. The highest BCUT2D eigenvalue weighted by atomic mass is 19.1. The molecule has 1 rings (SSSR count). The maximum Gasteiger partial charge on any atom is 0.319 e. The van der Waals surface area contributed by atoms with Crippen LogP contribution in [0.1, 0.15) is 26.7 Å². The Kier molecular flexibility index (Phi) is 5.09. The third-order valence-electron chi connectivity index (χ3n) is 3.13. The molecule has 2 amide bonds. The van der Waals surface area contributed by atoms with Crippen molar-refractivity contribution in [3.8, 4) is 0 Å². The monoisotopic (exact) mass is 253 g/mol. The highest BCUT2D eigenvalue weighted by Crippen LogP contribution is 2.12. The molecule has 0 saturated carbocycles. The van der Waals surface area contributed by atoms with Gasteiger partial charge in [0.05, 0.1) is 5.69 Å². The zero-order valence-electron chi connectivity index (χ0n) is 10.8. The summed E-state index contributed by atoms with van der Waals surface area (Å²) in [4.78, 5) is 11.6. The smallest absolute Gasteiger partial charge is 0.319 e. The third kappa shape index (κ3) is 4.00. The number of hydrogen-bond acceptors (Lipinski definition) is 2. The van der Waals surface area contributed by atoms with E-state index in [4.69, 9.17) is 5.73 Å². The first-order chi connectivity index (χ1) is 8.50. The van der Waals surface area contributed by atoms with Crippen molar-refractivity contribution in [2.75, 3.05) is 11.9 Å². The van der Waals surface area contributed by atoms with Gasteiger partial charge in [-0.1, -0.05) is 26.0 Å². The Balaban J connectivity index is 2.50. The van der Waals surface area contributed by atoms with Gasteiger partial charge in [-0.15, -0.1) is 0 Å². The normalized spacial score (nSPS) is 11.1. The van der Waals surface area contributed by atoms with Gasteiger partial charge in [-0.2, -0.15) is 0 Å². The van der Waals surface area contributed by atoms with Crippen LogP contribution in [0.5, 0.6) is 0 Å². The number of nitrogens with two attached hydrogens (primary N) is 1. The van der Waals surface area contributed by atoms with E-state index in [2.05, 4.69) is 10.6 Å². The van der Waals surface area contributed by atoms with Crippen LogP contribution in [-0.4, -0.2) is 18.1 Å². The van der Waals surface area contributed by atoms with E-state index in [0.717, 1.165) is 12.8 Å². The number of anilines is 1. The summed E-state index contributed by atoms with van der Waals surface area (Å²) in [5.74, 6) is -0.461. The number of halogens is 1. The topological polar surface area (TPSA) is 67.1 Å². The lowest BCUT2D eigenvalue weighted by Gasteiger charge is -2.26. The van der Waals surface area contributed by atoms with Gasteiger partial charge < -0.3 is 16.4 Å². The van der Waals surface area contributed by atoms with Gasteiger partial charge >= 0.3 is 6.03 Å². The van der Waals surface area contributed by atoms with Crippen LogP contribution in [0.2, 0.25) is 0 Å². The quantitative estimate of drug-likeness (QED) is 0.754. The van der Waals surface area contributed by atoms with Crippen molar-refractivity contribution in [3.05, 3.63) is 30.1 Å². The van der Waals surface area contributed by atoms with E-state index in [1.54, 1.807) is 12.1 Å². The summed E-state index contributed by atoms with van der Waals surface area (Å²) in [6, 6.07) is 5.57. The lowest BCUT2D eigenvalue weighted by molar-refractivity contribution is 0.247. The molecule has 4 N–H and O–H groups in total. The predicted octanol–water partition coefficient (Wildman–Crippen LogP) is 2.46. The molecule has 0 heterocycles. The molecule has 1 aromatic rings. The molecule has 0 aromatic heterocycles. The summed E-state index contributed by atoms with van der Waals surface area (Å²) in [5, 5.41) is 5.11. The average Bonchev–Trinajstić information content (AvgIpc) is 2.39. The Morgan fingerprint density at radius 2 is 1.94 bits per heavy atom. The number of hydrogen-bond donors (Lipinski definition) is 3. The molecule has 100 valence electrons. The van der Waals surface area contributed by atoms with Gasteiger partial charge in [-0.05, 0) is 25.0 Å². The van der Waals surface area contributed by atoms with Crippen molar-refractivity contribution in [3.63, 3.8) is 0 Å². The number of benzene rings is 1. The summed E-state index contributed by atoms with van der Waals surface area (Å²) >= 11 is 0. The van der Waals surface area contributed by atoms with Crippen LogP contribution in [0.15, 0.2) is 24.3 Å². The maximum absolute atomic E-state index is 13.3. The largest absolute Gasteiger partial charge is 0.336 e. The molecular formula is C13H20FN3O. The van der Waals surface area contributed by atoms with E-state index in [1.807, 2.05) is 13.8 Å². The first-order valence-corrected chi connectivity index (χ1v) is 6.09. The number of nitrogens with one attached hydrogen (secondary N) is 2. The first-order valence-electron chi connectivity index (χ1n) is 6.09. The summed E-state index contributed by atoms with van der Waals surface area (Å²) in [7, 11) is 0. The molecule has 0 spiro atoms. The molecule has 0 saturated heterocycles. The van der Waals surface area contributed by atoms with Gasteiger partial charge in [-0.3, -0.25) is 0 Å². The second kappa shape index (κ2) is 6.35. The summed E-state index contributed by atoms with van der Waals surface area (Å²) < 4.78 is 13.3. The summed E-state index contributed by atoms with van der Waals surface area (Å²) in [5.41, 5.74) is 5.80. The average molecular weight is 253 g/mol.